The van der Waals surface area contributed by atoms with Crippen LogP contribution in [0.25, 0.3) is 98.3 Å². The van der Waals surface area contributed by atoms with Crippen molar-refractivity contribution in [2.45, 2.75) is 0 Å². The van der Waals surface area contributed by atoms with E-state index in [1.807, 2.05) is 17.4 Å². The molecule has 0 fully saturated rings. The topological polar surface area (TPSA) is 38.7 Å². The summed E-state index contributed by atoms with van der Waals surface area (Å²) in [5, 5.41) is 16.8. The highest BCUT2D eigenvalue weighted by Crippen LogP contribution is 2.50. The Morgan fingerprint density at radius 3 is 1.47 bits per heavy atom. The normalized spacial score (nSPS) is 11.3. The van der Waals surface area contributed by atoms with Crippen molar-refractivity contribution in [2.75, 3.05) is 0 Å². The lowest BCUT2D eigenvalue weighted by Gasteiger charge is -2.21. The number of hydrogen-bond donors (Lipinski definition) is 0. The molecule has 2 aromatic heterocycles. The van der Waals surface area contributed by atoms with Crippen LogP contribution in [0.2, 0.25) is 0 Å². The van der Waals surface area contributed by atoms with Crippen molar-refractivity contribution >= 4 is 31.5 Å². The molecule has 2 heterocycles. The van der Waals surface area contributed by atoms with E-state index in [0.29, 0.717) is 0 Å². The van der Waals surface area contributed by atoms with E-state index in [0.717, 1.165) is 67.0 Å². The molecule has 10 aromatic rings. The second-order valence-electron chi connectivity index (χ2n) is 13.6. The van der Waals surface area contributed by atoms with Crippen molar-refractivity contribution in [2.24, 2.45) is 0 Å². The van der Waals surface area contributed by atoms with E-state index >= 15 is 0 Å². The Labute approximate surface area is 323 Å². The number of thiophene rings is 1. The smallest absolute Gasteiger partial charge is 0.105 e. The van der Waals surface area contributed by atoms with Gasteiger partial charge in [-0.2, -0.15) is 0 Å². The molecule has 0 N–H and O–H groups in total. The van der Waals surface area contributed by atoms with Gasteiger partial charge in [0.25, 0.3) is 0 Å². The van der Waals surface area contributed by atoms with Crippen LogP contribution in [0.4, 0.5) is 0 Å². The lowest BCUT2D eigenvalue weighted by atomic mass is 9.82. The van der Waals surface area contributed by atoms with Gasteiger partial charge in [0, 0.05) is 36.9 Å². The molecule has 4 heteroatoms. The first-order valence-corrected chi connectivity index (χ1v) is 19.3. The molecule has 0 amide bonds. The maximum Gasteiger partial charge on any atom is 0.105 e. The van der Waals surface area contributed by atoms with Gasteiger partial charge < -0.3 is 0 Å². The zero-order valence-electron chi connectivity index (χ0n) is 29.8. The zero-order chi connectivity index (χ0) is 36.6. The summed E-state index contributed by atoms with van der Waals surface area (Å²) >= 11 is 1.84. The molecule has 258 valence electrons. The van der Waals surface area contributed by atoms with Crippen molar-refractivity contribution in [1.82, 2.24) is 15.4 Å². The highest BCUT2D eigenvalue weighted by Gasteiger charge is 2.26. The van der Waals surface area contributed by atoms with E-state index in [-0.39, 0.29) is 0 Å². The Hall–Kier alpha value is -7.01. The van der Waals surface area contributed by atoms with Crippen LogP contribution < -0.4 is 0 Å². The maximum absolute atomic E-state index is 5.02. The van der Waals surface area contributed by atoms with E-state index in [1.54, 1.807) is 0 Å². The maximum atomic E-state index is 5.02. The lowest BCUT2D eigenvalue weighted by molar-refractivity contribution is 0.879. The van der Waals surface area contributed by atoms with Gasteiger partial charge in [-0.15, -0.1) is 21.5 Å². The van der Waals surface area contributed by atoms with Crippen LogP contribution in [-0.2, 0) is 0 Å². The molecule has 0 bridgehead atoms. The van der Waals surface area contributed by atoms with Crippen molar-refractivity contribution in [3.63, 3.8) is 0 Å². The number of fused-ring (bicyclic) bond motifs is 3. The first kappa shape index (κ1) is 32.6. The lowest BCUT2D eigenvalue weighted by Crippen LogP contribution is -2.03. The van der Waals surface area contributed by atoms with Crippen LogP contribution in [0, 0.1) is 0 Å². The Balaban J connectivity index is 1.35. The summed E-state index contributed by atoms with van der Waals surface area (Å²) in [6.07, 6.45) is 0. The van der Waals surface area contributed by atoms with Gasteiger partial charge in [0.05, 0.1) is 0 Å². The summed E-state index contributed by atoms with van der Waals surface area (Å²) in [6.45, 7) is 0. The third-order valence-corrected chi connectivity index (χ3v) is 11.5. The second kappa shape index (κ2) is 14.1. The average Bonchev–Trinajstić information content (AvgIpc) is 3.66. The fourth-order valence-corrected chi connectivity index (χ4v) is 9.10. The highest BCUT2D eigenvalue weighted by molar-refractivity contribution is 7.25. The SMILES string of the molecule is c1ccc(-c2ccccc2-c2cccc(-c3nnnc(-c4ccccc4)c3-c3ccccc3-c3ccccc3)c2-c2cccc3sc4ccccc4c23)cc1. The number of nitrogens with zero attached hydrogens (tertiary/aromatic N) is 3. The summed E-state index contributed by atoms with van der Waals surface area (Å²) in [6, 6.07) is 71.0. The molecular weight excluding hydrogens is 687 g/mol. The van der Waals surface area contributed by atoms with Crippen molar-refractivity contribution in [1.29, 1.82) is 0 Å². The van der Waals surface area contributed by atoms with Gasteiger partial charge in [-0.3, -0.25) is 0 Å². The van der Waals surface area contributed by atoms with Crippen molar-refractivity contribution in [3.05, 3.63) is 200 Å². The zero-order valence-corrected chi connectivity index (χ0v) is 30.6. The van der Waals surface area contributed by atoms with Gasteiger partial charge >= 0.3 is 0 Å². The van der Waals surface area contributed by atoms with Crippen LogP contribution in [-0.4, -0.2) is 15.4 Å². The van der Waals surface area contributed by atoms with E-state index in [1.165, 1.54) is 31.3 Å². The fourth-order valence-electron chi connectivity index (χ4n) is 7.97. The van der Waals surface area contributed by atoms with Gasteiger partial charge in [0.1, 0.15) is 11.4 Å². The van der Waals surface area contributed by atoms with Crippen LogP contribution in [0.5, 0.6) is 0 Å². The molecule has 0 saturated carbocycles. The molecule has 0 saturated heterocycles. The molecule has 10 rings (SSSR count). The number of aromatic nitrogens is 3. The molecule has 0 aliphatic heterocycles. The number of rotatable bonds is 7. The van der Waals surface area contributed by atoms with E-state index < -0.39 is 0 Å². The third-order valence-electron chi connectivity index (χ3n) is 10.4. The van der Waals surface area contributed by atoms with Gasteiger partial charge in [-0.05, 0) is 67.4 Å². The average molecular weight is 720 g/mol. The minimum Gasteiger partial charge on any atom is -0.135 e. The van der Waals surface area contributed by atoms with Gasteiger partial charge in [0.2, 0.25) is 0 Å². The van der Waals surface area contributed by atoms with Crippen LogP contribution in [0.15, 0.2) is 200 Å². The predicted molar refractivity (Wildman–Crippen MR) is 231 cm³/mol. The minimum absolute atomic E-state index is 0.780. The summed E-state index contributed by atoms with van der Waals surface area (Å²) in [5.41, 5.74) is 14.6. The standard InChI is InChI=1S/C51H33N3S/c1-4-18-34(19-5-1)37-24-10-12-26-39(37)41-29-16-31-44(47(41)43-30-17-33-46-48(43)42-28-14-15-32-45(42)55-46)51-49(50(52-54-53-51)36-22-8-3-9-23-36)40-27-13-11-25-38(40)35-20-6-2-7-21-35/h1-33H. The Bertz CT molecular complexity index is 2970. The van der Waals surface area contributed by atoms with Crippen LogP contribution in [0.1, 0.15) is 0 Å². The second-order valence-corrected chi connectivity index (χ2v) is 14.6. The quantitative estimate of drug-likeness (QED) is 0.165. The first-order valence-electron chi connectivity index (χ1n) is 18.5. The van der Waals surface area contributed by atoms with E-state index in [2.05, 4.69) is 199 Å². The molecule has 0 radical (unpaired) electrons. The summed E-state index contributed by atoms with van der Waals surface area (Å²) < 4.78 is 2.51. The molecule has 0 spiro atoms. The Kier molecular flexibility index (Phi) is 8.36. The monoisotopic (exact) mass is 719 g/mol. The molecule has 0 aliphatic carbocycles. The first-order chi connectivity index (χ1) is 27.3. The van der Waals surface area contributed by atoms with Crippen molar-refractivity contribution in [3.8, 4) is 78.1 Å². The third kappa shape index (κ3) is 5.81. The Morgan fingerprint density at radius 2 is 0.764 bits per heavy atom. The van der Waals surface area contributed by atoms with Crippen LogP contribution in [0.3, 0.4) is 0 Å². The number of benzene rings is 8. The fraction of sp³-hybridized carbons (Fsp3) is 0. The summed E-state index contributed by atoms with van der Waals surface area (Å²) in [4.78, 5) is 0. The molecule has 0 aliphatic rings. The molecule has 0 unspecified atom stereocenters. The van der Waals surface area contributed by atoms with Gasteiger partial charge in [-0.1, -0.05) is 188 Å². The van der Waals surface area contributed by atoms with Crippen molar-refractivity contribution < 1.29 is 0 Å². The molecule has 0 atom stereocenters. The molecule has 55 heavy (non-hydrogen) atoms. The predicted octanol–water partition coefficient (Wildman–Crippen LogP) is 13.9. The summed E-state index contributed by atoms with van der Waals surface area (Å²) in [5.74, 6) is 0. The van der Waals surface area contributed by atoms with Gasteiger partial charge in [0.15, 0.2) is 0 Å². The molecule has 8 aromatic carbocycles. The van der Waals surface area contributed by atoms with E-state index in [4.69, 9.17) is 10.2 Å². The Morgan fingerprint density at radius 1 is 0.291 bits per heavy atom. The minimum atomic E-state index is 0.780. The van der Waals surface area contributed by atoms with Crippen LogP contribution >= 0.6 is 11.3 Å². The molecule has 3 nitrogen and oxygen atoms in total. The number of hydrogen-bond acceptors (Lipinski definition) is 4. The largest absolute Gasteiger partial charge is 0.135 e. The molecular formula is C51H33N3S. The van der Waals surface area contributed by atoms with E-state index in [9.17, 15) is 0 Å². The summed E-state index contributed by atoms with van der Waals surface area (Å²) in [7, 11) is 0. The highest BCUT2D eigenvalue weighted by atomic mass is 32.1. The van der Waals surface area contributed by atoms with Gasteiger partial charge in [-0.25, -0.2) is 0 Å².